The SMILES string of the molecule is Ic1nc2n(c1I)C[C@H](OCc1ccccc1)[C@H](OCc1ccccc1)[C@H]2OCc1ccccc1. The highest BCUT2D eigenvalue weighted by atomic mass is 127. The summed E-state index contributed by atoms with van der Waals surface area (Å²) >= 11 is 4.66. The lowest BCUT2D eigenvalue weighted by atomic mass is 10.0. The monoisotopic (exact) mass is 692 g/mol. The average molecular weight is 692 g/mol. The number of ether oxygens (including phenoxy) is 3. The molecule has 1 aliphatic heterocycles. The molecule has 7 heteroatoms. The van der Waals surface area contributed by atoms with E-state index in [4.69, 9.17) is 19.2 Å². The number of rotatable bonds is 9. The summed E-state index contributed by atoms with van der Waals surface area (Å²) in [7, 11) is 0. The lowest BCUT2D eigenvalue weighted by Crippen LogP contribution is -2.46. The van der Waals surface area contributed by atoms with Gasteiger partial charge in [-0.05, 0) is 61.9 Å². The van der Waals surface area contributed by atoms with E-state index in [1.54, 1.807) is 0 Å². The summed E-state index contributed by atoms with van der Waals surface area (Å²) < 4.78 is 23.9. The number of halogens is 2. The summed E-state index contributed by atoms with van der Waals surface area (Å²) in [5.74, 6) is 0.896. The number of hydrogen-bond donors (Lipinski definition) is 0. The van der Waals surface area contributed by atoms with Gasteiger partial charge in [0.05, 0.1) is 26.4 Å². The highest BCUT2D eigenvalue weighted by molar-refractivity contribution is 14.1. The molecule has 180 valence electrons. The number of nitrogens with zero attached hydrogens (tertiary/aromatic N) is 2. The van der Waals surface area contributed by atoms with Crippen LogP contribution in [0.4, 0.5) is 0 Å². The van der Waals surface area contributed by atoms with Gasteiger partial charge in [-0.2, -0.15) is 0 Å². The lowest BCUT2D eigenvalue weighted by Gasteiger charge is -2.38. The van der Waals surface area contributed by atoms with Crippen LogP contribution in [0.15, 0.2) is 91.0 Å². The summed E-state index contributed by atoms with van der Waals surface area (Å²) in [4.78, 5) is 4.88. The van der Waals surface area contributed by atoms with Crippen LogP contribution in [-0.4, -0.2) is 21.8 Å². The molecule has 0 bridgehead atoms. The Bertz CT molecular complexity index is 1220. The van der Waals surface area contributed by atoms with Crippen LogP contribution < -0.4 is 0 Å². The molecule has 0 spiro atoms. The van der Waals surface area contributed by atoms with Gasteiger partial charge in [-0.15, -0.1) is 0 Å². The second kappa shape index (κ2) is 12.0. The maximum absolute atomic E-state index is 6.57. The van der Waals surface area contributed by atoms with Crippen LogP contribution in [0, 0.1) is 7.40 Å². The fraction of sp³-hybridized carbons (Fsp3) is 0.250. The van der Waals surface area contributed by atoms with E-state index in [-0.39, 0.29) is 18.3 Å². The topological polar surface area (TPSA) is 45.5 Å². The van der Waals surface area contributed by atoms with E-state index in [0.29, 0.717) is 26.4 Å². The molecule has 4 aromatic rings. The third kappa shape index (κ3) is 6.14. The van der Waals surface area contributed by atoms with Gasteiger partial charge in [0.15, 0.2) is 0 Å². The molecule has 0 aliphatic carbocycles. The van der Waals surface area contributed by atoms with Gasteiger partial charge >= 0.3 is 0 Å². The molecule has 1 aliphatic rings. The molecule has 2 heterocycles. The predicted octanol–water partition coefficient (Wildman–Crippen LogP) is 6.53. The van der Waals surface area contributed by atoms with Crippen molar-refractivity contribution in [2.75, 3.05) is 0 Å². The van der Waals surface area contributed by atoms with Crippen LogP contribution in [-0.2, 0) is 40.6 Å². The maximum Gasteiger partial charge on any atom is 0.144 e. The van der Waals surface area contributed by atoms with Crippen molar-refractivity contribution in [3.05, 3.63) is 121 Å². The minimum atomic E-state index is -0.356. The highest BCUT2D eigenvalue weighted by Crippen LogP contribution is 2.36. The second-order valence-corrected chi connectivity index (χ2v) is 10.5. The molecule has 0 radical (unpaired) electrons. The van der Waals surface area contributed by atoms with Crippen molar-refractivity contribution in [3.63, 3.8) is 0 Å². The minimum Gasteiger partial charge on any atom is -0.369 e. The van der Waals surface area contributed by atoms with Crippen molar-refractivity contribution >= 4 is 45.2 Å². The zero-order valence-electron chi connectivity index (χ0n) is 19.1. The molecule has 35 heavy (non-hydrogen) atoms. The molecule has 5 nitrogen and oxygen atoms in total. The van der Waals surface area contributed by atoms with E-state index < -0.39 is 0 Å². The van der Waals surface area contributed by atoms with E-state index >= 15 is 0 Å². The minimum absolute atomic E-state index is 0.189. The van der Waals surface area contributed by atoms with Gasteiger partial charge in [-0.25, -0.2) is 4.98 Å². The molecule has 0 fully saturated rings. The van der Waals surface area contributed by atoms with Gasteiger partial charge in [0, 0.05) is 0 Å². The Morgan fingerprint density at radius 2 is 1.17 bits per heavy atom. The molecule has 5 rings (SSSR count). The molecule has 0 unspecified atom stereocenters. The maximum atomic E-state index is 6.57. The van der Waals surface area contributed by atoms with E-state index in [0.717, 1.165) is 29.9 Å². The molecule has 3 aromatic carbocycles. The fourth-order valence-corrected chi connectivity index (χ4v) is 5.35. The van der Waals surface area contributed by atoms with Gasteiger partial charge < -0.3 is 18.8 Å². The van der Waals surface area contributed by atoms with Crippen LogP contribution in [0.2, 0.25) is 0 Å². The zero-order chi connectivity index (χ0) is 24.0. The fourth-order valence-electron chi connectivity index (χ4n) is 4.25. The smallest absolute Gasteiger partial charge is 0.144 e. The summed E-state index contributed by atoms with van der Waals surface area (Å²) in [6.45, 7) is 2.14. The predicted molar refractivity (Wildman–Crippen MR) is 152 cm³/mol. The average Bonchev–Trinajstić information content (AvgIpc) is 3.19. The second-order valence-electron chi connectivity index (χ2n) is 8.48. The summed E-state index contributed by atoms with van der Waals surface area (Å²) in [5, 5.41) is 0. The summed E-state index contributed by atoms with van der Waals surface area (Å²) in [6, 6.07) is 30.7. The van der Waals surface area contributed by atoms with Crippen molar-refractivity contribution in [2.24, 2.45) is 0 Å². The standard InChI is InChI=1S/C28H26I2N2O3/c29-26-27(30)32-16-23(33-17-20-10-4-1-5-11-20)24(34-18-21-12-6-2-7-13-21)25(28(32)31-26)35-19-22-14-8-3-9-15-22/h1-15,23-25H,16-19H2/t23-,24-,25+/m0/s1. The van der Waals surface area contributed by atoms with Crippen molar-refractivity contribution in [1.82, 2.24) is 9.55 Å². The highest BCUT2D eigenvalue weighted by Gasteiger charge is 2.42. The largest absolute Gasteiger partial charge is 0.369 e. The number of fused-ring (bicyclic) bond motifs is 1. The van der Waals surface area contributed by atoms with Crippen molar-refractivity contribution in [3.8, 4) is 0 Å². The third-order valence-corrected chi connectivity index (χ3v) is 8.92. The number of benzene rings is 3. The normalized spacial score (nSPS) is 19.4. The van der Waals surface area contributed by atoms with Crippen LogP contribution in [0.5, 0.6) is 0 Å². The number of imidazole rings is 1. The Hall–Kier alpha value is -1.79. The van der Waals surface area contributed by atoms with Crippen LogP contribution in [0.3, 0.4) is 0 Å². The Balaban J connectivity index is 1.44. The van der Waals surface area contributed by atoms with Crippen molar-refractivity contribution < 1.29 is 14.2 Å². The van der Waals surface area contributed by atoms with E-state index in [9.17, 15) is 0 Å². The first-order valence-corrected chi connectivity index (χ1v) is 13.7. The number of aromatic nitrogens is 2. The summed E-state index contributed by atoms with van der Waals surface area (Å²) in [5.41, 5.74) is 3.37. The zero-order valence-corrected chi connectivity index (χ0v) is 23.4. The molecule has 3 atom stereocenters. The Morgan fingerprint density at radius 1 is 0.686 bits per heavy atom. The molecule has 0 saturated heterocycles. The summed E-state index contributed by atoms with van der Waals surface area (Å²) in [6.07, 6.45) is -0.847. The first kappa shape index (κ1) is 24.9. The quantitative estimate of drug-likeness (QED) is 0.187. The van der Waals surface area contributed by atoms with Gasteiger partial charge in [0.25, 0.3) is 0 Å². The van der Waals surface area contributed by atoms with Crippen molar-refractivity contribution in [1.29, 1.82) is 0 Å². The van der Waals surface area contributed by atoms with E-state index in [1.165, 1.54) is 0 Å². The third-order valence-electron chi connectivity index (χ3n) is 6.04. The number of hydrogen-bond acceptors (Lipinski definition) is 4. The van der Waals surface area contributed by atoms with Gasteiger partial charge in [-0.3, -0.25) is 0 Å². The molecular formula is C28H26I2N2O3. The van der Waals surface area contributed by atoms with Crippen LogP contribution in [0.25, 0.3) is 0 Å². The van der Waals surface area contributed by atoms with Gasteiger partial charge in [0.1, 0.15) is 31.5 Å². The first-order chi connectivity index (χ1) is 17.2. The lowest BCUT2D eigenvalue weighted by molar-refractivity contribution is -0.171. The molecule has 0 saturated carbocycles. The van der Waals surface area contributed by atoms with Crippen LogP contribution in [0.1, 0.15) is 28.6 Å². The van der Waals surface area contributed by atoms with Gasteiger partial charge in [0.2, 0.25) is 0 Å². The Labute approximate surface area is 233 Å². The Kier molecular flexibility index (Phi) is 8.51. The molecule has 0 N–H and O–H groups in total. The molecule has 1 aromatic heterocycles. The molecular weight excluding hydrogens is 666 g/mol. The first-order valence-electron chi connectivity index (χ1n) is 11.6. The van der Waals surface area contributed by atoms with Gasteiger partial charge in [-0.1, -0.05) is 91.0 Å². The Morgan fingerprint density at radius 3 is 1.71 bits per heavy atom. The van der Waals surface area contributed by atoms with Crippen LogP contribution >= 0.6 is 45.2 Å². The van der Waals surface area contributed by atoms with Crippen molar-refractivity contribution in [2.45, 2.75) is 44.7 Å². The molecule has 0 amide bonds. The van der Waals surface area contributed by atoms with E-state index in [2.05, 4.69) is 86.1 Å². The van der Waals surface area contributed by atoms with E-state index in [1.807, 2.05) is 54.6 Å².